The highest BCUT2D eigenvalue weighted by molar-refractivity contribution is 5.97. The van der Waals surface area contributed by atoms with Gasteiger partial charge in [0.25, 0.3) is 0 Å². The number of hydrogen-bond acceptors (Lipinski definition) is 7. The van der Waals surface area contributed by atoms with E-state index in [2.05, 4.69) is 60.7 Å². The number of carbonyl (C=O) groups excluding carboxylic acids is 2. The minimum absolute atomic E-state index is 0.0464. The molecule has 1 atom stereocenters. The van der Waals surface area contributed by atoms with E-state index in [0.717, 1.165) is 34.1 Å². The van der Waals surface area contributed by atoms with Gasteiger partial charge in [0, 0.05) is 37.0 Å². The molecule has 0 aliphatic carbocycles. The normalized spacial score (nSPS) is 12.4. The summed E-state index contributed by atoms with van der Waals surface area (Å²) >= 11 is 0. The molecule has 2 heterocycles. The fraction of sp³-hybridized carbons (Fsp3) is 0.371. The zero-order valence-electron chi connectivity index (χ0n) is 26.6. The van der Waals surface area contributed by atoms with Crippen LogP contribution in [0, 0.1) is 0 Å². The van der Waals surface area contributed by atoms with Crippen molar-refractivity contribution < 1.29 is 14.3 Å². The average molecular weight is 597 g/mol. The van der Waals surface area contributed by atoms with Gasteiger partial charge in [-0.05, 0) is 86.6 Å². The van der Waals surface area contributed by atoms with Crippen LogP contribution in [0.4, 0.5) is 5.82 Å². The van der Waals surface area contributed by atoms with E-state index >= 15 is 0 Å². The molecule has 0 bridgehead atoms. The average Bonchev–Trinajstić information content (AvgIpc) is 3.40. The lowest BCUT2D eigenvalue weighted by molar-refractivity contribution is -0.131. The van der Waals surface area contributed by atoms with Crippen LogP contribution in [-0.2, 0) is 21.4 Å². The fourth-order valence-electron chi connectivity index (χ4n) is 4.62. The van der Waals surface area contributed by atoms with E-state index < -0.39 is 11.9 Å². The molecular formula is C35H44N6O3. The first-order valence-electron chi connectivity index (χ1n) is 15.0. The Balaban J connectivity index is 1.31. The quantitative estimate of drug-likeness (QED) is 0.187. The van der Waals surface area contributed by atoms with E-state index in [9.17, 15) is 9.59 Å². The molecule has 4 aromatic rings. The molecule has 0 spiro atoms. The third-order valence-corrected chi connectivity index (χ3v) is 6.95. The third-order valence-electron chi connectivity index (χ3n) is 6.95. The number of rotatable bonds is 11. The van der Waals surface area contributed by atoms with Crippen LogP contribution >= 0.6 is 0 Å². The predicted molar refractivity (Wildman–Crippen MR) is 175 cm³/mol. The third kappa shape index (κ3) is 9.25. The highest BCUT2D eigenvalue weighted by Crippen LogP contribution is 2.27. The summed E-state index contributed by atoms with van der Waals surface area (Å²) in [5, 5.41) is 10.7. The lowest BCUT2D eigenvalue weighted by Gasteiger charge is -2.21. The van der Waals surface area contributed by atoms with E-state index in [1.54, 1.807) is 12.4 Å². The van der Waals surface area contributed by atoms with Crippen molar-refractivity contribution in [3.8, 4) is 22.7 Å². The van der Waals surface area contributed by atoms with Gasteiger partial charge in [-0.25, -0.2) is 4.68 Å². The minimum Gasteiger partial charge on any atom is -0.488 e. The molecule has 0 fully saturated rings. The first kappa shape index (κ1) is 32.4. The van der Waals surface area contributed by atoms with E-state index in [0.29, 0.717) is 19.4 Å². The fourth-order valence-corrected chi connectivity index (χ4v) is 4.62. The Morgan fingerprint density at radius 2 is 1.59 bits per heavy atom. The van der Waals surface area contributed by atoms with Crippen LogP contribution < -0.4 is 21.1 Å². The number of ether oxygens (including phenoxy) is 1. The smallest absolute Gasteiger partial charge is 0.243 e. The molecule has 9 nitrogen and oxygen atoms in total. The zero-order chi connectivity index (χ0) is 31.9. The van der Waals surface area contributed by atoms with E-state index in [4.69, 9.17) is 15.6 Å². The Morgan fingerprint density at radius 1 is 0.932 bits per heavy atom. The molecule has 0 aliphatic rings. The van der Waals surface area contributed by atoms with Crippen molar-refractivity contribution in [3.63, 3.8) is 0 Å². The Morgan fingerprint density at radius 3 is 2.20 bits per heavy atom. The van der Waals surface area contributed by atoms with Crippen molar-refractivity contribution in [2.45, 2.75) is 77.9 Å². The second kappa shape index (κ2) is 13.9. The van der Waals surface area contributed by atoms with Gasteiger partial charge >= 0.3 is 0 Å². The molecule has 0 saturated carbocycles. The summed E-state index contributed by atoms with van der Waals surface area (Å²) in [5.74, 6) is 0.706. The topological polar surface area (TPSA) is 124 Å². The Labute approximate surface area is 260 Å². The first-order valence-corrected chi connectivity index (χ1v) is 15.0. The summed E-state index contributed by atoms with van der Waals surface area (Å²) < 4.78 is 7.70. The van der Waals surface area contributed by atoms with Crippen molar-refractivity contribution >= 4 is 17.6 Å². The molecule has 2 aromatic carbocycles. The van der Waals surface area contributed by atoms with Crippen LogP contribution in [0.15, 0.2) is 79.1 Å². The molecule has 0 radical (unpaired) electrons. The van der Waals surface area contributed by atoms with Gasteiger partial charge in [0.1, 0.15) is 17.2 Å². The molecule has 0 aliphatic heterocycles. The van der Waals surface area contributed by atoms with Gasteiger partial charge in [0.05, 0.1) is 17.4 Å². The maximum absolute atomic E-state index is 12.6. The van der Waals surface area contributed by atoms with Gasteiger partial charge in [0.2, 0.25) is 11.8 Å². The van der Waals surface area contributed by atoms with Gasteiger partial charge in [-0.1, -0.05) is 45.0 Å². The van der Waals surface area contributed by atoms with Crippen molar-refractivity contribution in [2.24, 2.45) is 5.73 Å². The van der Waals surface area contributed by atoms with Crippen LogP contribution in [0.25, 0.3) is 16.9 Å². The number of nitrogens with one attached hydrogen (secondary N) is 2. The summed E-state index contributed by atoms with van der Waals surface area (Å²) in [6.07, 6.45) is 4.49. The number of imide groups is 1. The number of benzene rings is 2. The number of hydrogen-bond donors (Lipinski definition) is 3. The summed E-state index contributed by atoms with van der Waals surface area (Å²) in [5.41, 5.74) is 10.7. The van der Waals surface area contributed by atoms with Gasteiger partial charge in [-0.2, -0.15) is 5.10 Å². The number of anilines is 1. The maximum atomic E-state index is 12.6. The molecule has 44 heavy (non-hydrogen) atoms. The van der Waals surface area contributed by atoms with Crippen molar-refractivity contribution in [1.29, 1.82) is 0 Å². The van der Waals surface area contributed by atoms with Gasteiger partial charge in [-0.3, -0.25) is 19.9 Å². The van der Waals surface area contributed by atoms with Crippen LogP contribution in [0.1, 0.15) is 65.5 Å². The largest absolute Gasteiger partial charge is 0.488 e. The van der Waals surface area contributed by atoms with Gasteiger partial charge < -0.3 is 15.8 Å². The second-order valence-corrected chi connectivity index (χ2v) is 13.0. The predicted octanol–water partition coefficient (Wildman–Crippen LogP) is 5.81. The zero-order valence-corrected chi connectivity index (χ0v) is 26.6. The van der Waals surface area contributed by atoms with Crippen LogP contribution in [-0.4, -0.2) is 44.8 Å². The maximum Gasteiger partial charge on any atom is 0.243 e. The first-order chi connectivity index (χ1) is 20.8. The SMILES string of the molecule is CC(C)(C)Oc1ccc(C[C@H](N)C(=O)NC(=O)CCCNc2cc(-c3ccncc3)nn2-c2ccc(C(C)(C)C)cc2)cc1. The lowest BCUT2D eigenvalue weighted by Crippen LogP contribution is -2.44. The Hall–Kier alpha value is -4.50. The number of nitrogens with zero attached hydrogens (tertiary/aromatic N) is 3. The molecule has 2 aromatic heterocycles. The lowest BCUT2D eigenvalue weighted by atomic mass is 9.87. The molecule has 4 N–H and O–H groups in total. The van der Waals surface area contributed by atoms with E-state index in [1.165, 1.54) is 5.56 Å². The van der Waals surface area contributed by atoms with Crippen LogP contribution in [0.2, 0.25) is 0 Å². The number of amides is 2. The molecule has 0 saturated heterocycles. The number of carbonyl (C=O) groups is 2. The van der Waals surface area contributed by atoms with E-state index in [1.807, 2.05) is 67.9 Å². The highest BCUT2D eigenvalue weighted by Gasteiger charge is 2.19. The van der Waals surface area contributed by atoms with Gasteiger partial charge in [-0.15, -0.1) is 0 Å². The molecule has 0 unspecified atom stereocenters. The van der Waals surface area contributed by atoms with Crippen LogP contribution in [0.5, 0.6) is 5.75 Å². The van der Waals surface area contributed by atoms with Crippen LogP contribution in [0.3, 0.4) is 0 Å². The number of aromatic nitrogens is 3. The molecule has 4 rings (SSSR count). The highest BCUT2D eigenvalue weighted by atomic mass is 16.5. The van der Waals surface area contributed by atoms with Crippen molar-refractivity contribution in [3.05, 3.63) is 90.3 Å². The van der Waals surface area contributed by atoms with E-state index in [-0.39, 0.29) is 23.3 Å². The summed E-state index contributed by atoms with van der Waals surface area (Å²) in [4.78, 5) is 29.2. The number of pyridine rings is 1. The molecule has 232 valence electrons. The molecule has 2 amide bonds. The summed E-state index contributed by atoms with van der Waals surface area (Å²) in [7, 11) is 0. The van der Waals surface area contributed by atoms with Crippen molar-refractivity contribution in [1.82, 2.24) is 20.1 Å². The second-order valence-electron chi connectivity index (χ2n) is 13.0. The monoisotopic (exact) mass is 596 g/mol. The molecule has 9 heteroatoms. The molecular weight excluding hydrogens is 552 g/mol. The number of nitrogens with two attached hydrogens (primary N) is 1. The Bertz CT molecular complexity index is 1530. The van der Waals surface area contributed by atoms with Crippen molar-refractivity contribution in [2.75, 3.05) is 11.9 Å². The van der Waals surface area contributed by atoms with Gasteiger partial charge in [0.15, 0.2) is 0 Å². The Kier molecular flexibility index (Phi) is 10.2. The summed E-state index contributed by atoms with van der Waals surface area (Å²) in [6, 6.07) is 20.8. The summed E-state index contributed by atoms with van der Waals surface area (Å²) in [6.45, 7) is 13.0. The standard InChI is InChI=1S/C35H44N6O3/c1-34(2,3)26-11-13-27(14-12-26)41-31(23-30(40-41)25-17-20-37-21-18-25)38-19-7-8-32(42)39-33(43)29(36)22-24-9-15-28(16-10-24)44-35(4,5)6/h9-18,20-21,23,29,38H,7-8,19,22,36H2,1-6H3,(H,39,42,43)/t29-/m0/s1. The minimum atomic E-state index is -0.836.